The molecule has 17 heavy (non-hydrogen) atoms. The van der Waals surface area contributed by atoms with Crippen LogP contribution in [0.4, 0.5) is 5.69 Å². The zero-order valence-corrected chi connectivity index (χ0v) is 9.54. The molecule has 0 radical (unpaired) electrons. The molecule has 1 aromatic rings. The van der Waals surface area contributed by atoms with E-state index in [1.165, 1.54) is 0 Å². The first-order valence-electron chi connectivity index (χ1n) is 5.02. The van der Waals surface area contributed by atoms with Gasteiger partial charge < -0.3 is 20.7 Å². The fraction of sp³-hybridized carbons (Fsp3) is 0.556. The molecule has 7 nitrogen and oxygen atoms in total. The van der Waals surface area contributed by atoms with Crippen LogP contribution in [0.1, 0.15) is 12.6 Å². The van der Waals surface area contributed by atoms with Crippen molar-refractivity contribution in [3.8, 4) is 0 Å². The van der Waals surface area contributed by atoms with Crippen LogP contribution in [-0.4, -0.2) is 38.8 Å². The zero-order valence-electron chi connectivity index (χ0n) is 8.78. The number of aromatic nitrogens is 2. The quantitative estimate of drug-likeness (QED) is 0.638. The van der Waals surface area contributed by atoms with Gasteiger partial charge in [-0.3, -0.25) is 4.79 Å². The van der Waals surface area contributed by atoms with Crippen LogP contribution >= 0.6 is 11.6 Å². The van der Waals surface area contributed by atoms with Gasteiger partial charge in [0.1, 0.15) is 6.10 Å². The van der Waals surface area contributed by atoms with Crippen molar-refractivity contribution in [3.63, 3.8) is 0 Å². The van der Waals surface area contributed by atoms with E-state index in [1.54, 1.807) is 0 Å². The largest absolute Gasteiger partial charge is 0.396 e. The summed E-state index contributed by atoms with van der Waals surface area (Å²) in [5.74, 6) is 0. The average Bonchev–Trinajstić information content (AvgIpc) is 2.65. The summed E-state index contributed by atoms with van der Waals surface area (Å²) in [6, 6.07) is 1.14. The molecule has 1 fully saturated rings. The second-order valence-electron chi connectivity index (χ2n) is 3.79. The highest BCUT2D eigenvalue weighted by atomic mass is 35.5. The van der Waals surface area contributed by atoms with Crippen LogP contribution in [0.2, 0.25) is 5.15 Å². The van der Waals surface area contributed by atoms with Crippen LogP contribution in [0.3, 0.4) is 0 Å². The van der Waals surface area contributed by atoms with Gasteiger partial charge in [-0.05, 0) is 0 Å². The second-order valence-corrected chi connectivity index (χ2v) is 4.15. The maximum Gasteiger partial charge on any atom is 0.271 e. The Hall–Kier alpha value is -1.15. The molecule has 1 aliphatic heterocycles. The summed E-state index contributed by atoms with van der Waals surface area (Å²) in [5, 5.41) is 22.3. The van der Waals surface area contributed by atoms with Gasteiger partial charge >= 0.3 is 0 Å². The molecule has 0 amide bonds. The molecule has 1 aliphatic rings. The minimum absolute atomic E-state index is 0.00450. The lowest BCUT2D eigenvalue weighted by atomic mass is 10.2. The first-order chi connectivity index (χ1) is 8.02. The number of rotatable bonds is 2. The molecular formula is C9H12ClN3O4. The van der Waals surface area contributed by atoms with Crippen molar-refractivity contribution in [2.24, 2.45) is 0 Å². The molecule has 3 atom stereocenters. The standard InChI is InChI=1S/C9H12ClN3O4/c10-9-4(11)1-7(16)13(12-9)8-2-5(15)6(3-14)17-8/h1,5-6,8,14-15H,2-3,11H2/t5-,6+,8+/m0/s1. The maximum atomic E-state index is 11.6. The van der Waals surface area contributed by atoms with Crippen molar-refractivity contribution in [2.45, 2.75) is 24.9 Å². The minimum Gasteiger partial charge on any atom is -0.396 e. The van der Waals surface area contributed by atoms with Crippen LogP contribution in [0.5, 0.6) is 0 Å². The number of hydrogen-bond donors (Lipinski definition) is 3. The van der Waals surface area contributed by atoms with Gasteiger partial charge in [0.2, 0.25) is 0 Å². The minimum atomic E-state index is -0.838. The van der Waals surface area contributed by atoms with Gasteiger partial charge in [0.15, 0.2) is 11.4 Å². The lowest BCUT2D eigenvalue weighted by Gasteiger charge is -2.13. The first-order valence-corrected chi connectivity index (χ1v) is 5.40. The number of halogens is 1. The number of ether oxygens (including phenoxy) is 1. The summed E-state index contributed by atoms with van der Waals surface area (Å²) in [4.78, 5) is 11.6. The van der Waals surface area contributed by atoms with Crippen LogP contribution < -0.4 is 11.3 Å². The van der Waals surface area contributed by atoms with Gasteiger partial charge in [0.05, 0.1) is 18.4 Å². The Morgan fingerprint density at radius 1 is 1.71 bits per heavy atom. The molecule has 94 valence electrons. The van der Waals surface area contributed by atoms with Gasteiger partial charge in [0, 0.05) is 12.5 Å². The van der Waals surface area contributed by atoms with Crippen molar-refractivity contribution in [3.05, 3.63) is 21.6 Å². The van der Waals surface area contributed by atoms with Crippen LogP contribution in [0, 0.1) is 0 Å². The highest BCUT2D eigenvalue weighted by Gasteiger charge is 2.35. The van der Waals surface area contributed by atoms with Crippen molar-refractivity contribution >= 4 is 17.3 Å². The van der Waals surface area contributed by atoms with Crippen molar-refractivity contribution in [2.75, 3.05) is 12.3 Å². The SMILES string of the molecule is Nc1cc(=O)n([C@H]2C[C@H](O)[C@@H](CO)O2)nc1Cl. The Balaban J connectivity index is 2.30. The third kappa shape index (κ3) is 2.27. The predicted octanol–water partition coefficient (Wildman–Crippen LogP) is -0.880. The highest BCUT2D eigenvalue weighted by Crippen LogP contribution is 2.27. The van der Waals surface area contributed by atoms with Crippen molar-refractivity contribution in [1.82, 2.24) is 9.78 Å². The third-order valence-corrected chi connectivity index (χ3v) is 2.89. The van der Waals surface area contributed by atoms with Crippen LogP contribution in [-0.2, 0) is 4.74 Å². The molecule has 1 saturated heterocycles. The fourth-order valence-electron chi connectivity index (χ4n) is 1.70. The van der Waals surface area contributed by atoms with E-state index in [0.717, 1.165) is 10.7 Å². The maximum absolute atomic E-state index is 11.6. The number of aliphatic hydroxyl groups is 2. The Morgan fingerprint density at radius 3 is 3.00 bits per heavy atom. The van der Waals surface area contributed by atoms with Crippen molar-refractivity contribution < 1.29 is 14.9 Å². The zero-order chi connectivity index (χ0) is 12.6. The average molecular weight is 262 g/mol. The molecule has 1 aromatic heterocycles. The summed E-state index contributed by atoms with van der Waals surface area (Å²) in [6.45, 7) is -0.324. The summed E-state index contributed by atoms with van der Waals surface area (Å²) >= 11 is 5.71. The van der Waals surface area contributed by atoms with E-state index >= 15 is 0 Å². The smallest absolute Gasteiger partial charge is 0.271 e. The first kappa shape index (κ1) is 12.3. The van der Waals surface area contributed by atoms with E-state index in [-0.39, 0.29) is 23.9 Å². The highest BCUT2D eigenvalue weighted by molar-refractivity contribution is 6.31. The van der Waals surface area contributed by atoms with Crippen molar-refractivity contribution in [1.29, 1.82) is 0 Å². The van der Waals surface area contributed by atoms with E-state index in [9.17, 15) is 9.90 Å². The summed E-state index contributed by atoms with van der Waals surface area (Å²) in [6.07, 6.45) is -2.13. The molecule has 0 aromatic carbocycles. The Labute approximate surface area is 101 Å². The number of nitrogen functional groups attached to an aromatic ring is 1. The normalized spacial score (nSPS) is 28.5. The van der Waals surface area contributed by atoms with Crippen LogP contribution in [0.25, 0.3) is 0 Å². The molecule has 4 N–H and O–H groups in total. The molecular weight excluding hydrogens is 250 g/mol. The van der Waals surface area contributed by atoms with Gasteiger partial charge in [0.25, 0.3) is 5.56 Å². The molecule has 2 rings (SSSR count). The van der Waals surface area contributed by atoms with E-state index in [2.05, 4.69) is 5.10 Å². The van der Waals surface area contributed by atoms with Gasteiger partial charge in [-0.1, -0.05) is 11.6 Å². The topological polar surface area (TPSA) is 111 Å². The molecule has 0 bridgehead atoms. The summed E-state index contributed by atoms with van der Waals surface area (Å²) in [7, 11) is 0. The van der Waals surface area contributed by atoms with Crippen LogP contribution in [0.15, 0.2) is 10.9 Å². The molecule has 0 unspecified atom stereocenters. The van der Waals surface area contributed by atoms with Gasteiger partial charge in [-0.25, -0.2) is 0 Å². The fourth-order valence-corrected chi connectivity index (χ4v) is 1.83. The molecule has 0 saturated carbocycles. The Kier molecular flexibility index (Phi) is 3.34. The second kappa shape index (κ2) is 4.61. The molecule has 0 aliphatic carbocycles. The van der Waals surface area contributed by atoms with E-state index in [1.807, 2.05) is 0 Å². The molecule has 2 heterocycles. The number of anilines is 1. The Morgan fingerprint density at radius 2 is 2.41 bits per heavy atom. The van der Waals surface area contributed by atoms with E-state index in [4.69, 9.17) is 27.2 Å². The van der Waals surface area contributed by atoms with E-state index in [0.29, 0.717) is 0 Å². The van der Waals surface area contributed by atoms with Gasteiger partial charge in [-0.15, -0.1) is 0 Å². The molecule has 0 spiro atoms. The van der Waals surface area contributed by atoms with Gasteiger partial charge in [-0.2, -0.15) is 9.78 Å². The molecule has 8 heteroatoms. The van der Waals surface area contributed by atoms with E-state index < -0.39 is 24.0 Å². The number of aliphatic hydroxyl groups excluding tert-OH is 2. The summed E-state index contributed by atoms with van der Waals surface area (Å²) < 4.78 is 6.30. The summed E-state index contributed by atoms with van der Waals surface area (Å²) in [5.41, 5.74) is 5.05. The lowest BCUT2D eigenvalue weighted by molar-refractivity contribution is -0.0500. The number of hydrogen-bond acceptors (Lipinski definition) is 6. The number of nitrogens with two attached hydrogens (primary N) is 1. The monoisotopic (exact) mass is 261 g/mol. The number of nitrogens with zero attached hydrogens (tertiary/aromatic N) is 2. The predicted molar refractivity (Wildman–Crippen MR) is 59.5 cm³/mol. The third-order valence-electron chi connectivity index (χ3n) is 2.60. The Bertz CT molecular complexity index is 478. The lowest BCUT2D eigenvalue weighted by Crippen LogP contribution is -2.28.